The van der Waals surface area contributed by atoms with Gasteiger partial charge in [-0.3, -0.25) is 4.79 Å². The van der Waals surface area contributed by atoms with Crippen molar-refractivity contribution in [3.63, 3.8) is 0 Å². The number of hydrogen-bond acceptors (Lipinski definition) is 3. The molecule has 1 aromatic heterocycles. The largest absolute Gasteiger partial charge is 1.00 e. The van der Waals surface area contributed by atoms with Crippen molar-refractivity contribution in [1.29, 1.82) is 0 Å². The van der Waals surface area contributed by atoms with E-state index in [1.165, 1.54) is 11.3 Å². The van der Waals surface area contributed by atoms with E-state index in [1.807, 2.05) is 23.3 Å². The van der Waals surface area contributed by atoms with E-state index in [2.05, 4.69) is 0 Å². The zero-order valence-corrected chi connectivity index (χ0v) is 10.1. The smallest absolute Gasteiger partial charge is 0.320 e. The molecule has 0 aliphatic carbocycles. The molecule has 0 aromatic carbocycles. The minimum atomic E-state index is -0.953. The highest BCUT2D eigenvalue weighted by molar-refractivity contribution is 7.09. The zero-order chi connectivity index (χ0) is 9.14. The molecule has 0 saturated heterocycles. The van der Waals surface area contributed by atoms with Crippen LogP contribution in [0, 0.1) is 0 Å². The SMILES string of the molecule is C[n+]1csc(C[C@H](N)C(=O)O)c1.[I-]. The van der Waals surface area contributed by atoms with Crippen LogP contribution in [0.3, 0.4) is 0 Å². The summed E-state index contributed by atoms with van der Waals surface area (Å²) in [6.45, 7) is 0. The van der Waals surface area contributed by atoms with Crippen LogP contribution in [-0.4, -0.2) is 17.1 Å². The third-order valence-electron chi connectivity index (χ3n) is 1.46. The summed E-state index contributed by atoms with van der Waals surface area (Å²) < 4.78 is 1.88. The molecule has 1 atom stereocenters. The van der Waals surface area contributed by atoms with Crippen LogP contribution < -0.4 is 34.3 Å². The third-order valence-corrected chi connectivity index (χ3v) is 2.47. The molecule has 1 rings (SSSR count). The van der Waals surface area contributed by atoms with Crippen LogP contribution in [0.5, 0.6) is 0 Å². The molecule has 13 heavy (non-hydrogen) atoms. The molecular formula is C7H11IN2O2S. The molecule has 0 bridgehead atoms. The van der Waals surface area contributed by atoms with E-state index in [4.69, 9.17) is 10.8 Å². The minimum Gasteiger partial charge on any atom is -1.00 e. The second kappa shape index (κ2) is 5.51. The lowest BCUT2D eigenvalue weighted by atomic mass is 10.2. The van der Waals surface area contributed by atoms with Gasteiger partial charge in [-0.05, 0) is 0 Å². The summed E-state index contributed by atoms with van der Waals surface area (Å²) in [7, 11) is 1.90. The van der Waals surface area contributed by atoms with Gasteiger partial charge in [-0.1, -0.05) is 11.3 Å². The lowest BCUT2D eigenvalue weighted by Crippen LogP contribution is -3.00. The molecule has 0 unspecified atom stereocenters. The zero-order valence-electron chi connectivity index (χ0n) is 7.11. The van der Waals surface area contributed by atoms with Gasteiger partial charge in [0.2, 0.25) is 5.51 Å². The van der Waals surface area contributed by atoms with Crippen molar-refractivity contribution in [1.82, 2.24) is 0 Å². The van der Waals surface area contributed by atoms with Gasteiger partial charge in [0.15, 0.2) is 6.20 Å². The Morgan fingerprint density at radius 2 is 2.46 bits per heavy atom. The van der Waals surface area contributed by atoms with Crippen LogP contribution in [0.2, 0.25) is 0 Å². The summed E-state index contributed by atoms with van der Waals surface area (Å²) in [4.78, 5) is 11.4. The molecule has 0 saturated carbocycles. The van der Waals surface area contributed by atoms with Gasteiger partial charge in [0, 0.05) is 6.42 Å². The first-order valence-electron chi connectivity index (χ1n) is 3.50. The number of carbonyl (C=O) groups is 1. The van der Waals surface area contributed by atoms with Crippen LogP contribution in [-0.2, 0) is 18.3 Å². The first-order chi connectivity index (χ1) is 5.59. The molecule has 6 heteroatoms. The maximum atomic E-state index is 10.4. The van der Waals surface area contributed by atoms with E-state index in [-0.39, 0.29) is 24.0 Å². The van der Waals surface area contributed by atoms with Gasteiger partial charge in [0.25, 0.3) is 0 Å². The van der Waals surface area contributed by atoms with Crippen molar-refractivity contribution in [2.24, 2.45) is 12.8 Å². The number of aliphatic carboxylic acids is 1. The first-order valence-corrected chi connectivity index (χ1v) is 4.38. The summed E-state index contributed by atoms with van der Waals surface area (Å²) in [6.07, 6.45) is 2.29. The van der Waals surface area contributed by atoms with Crippen molar-refractivity contribution in [2.75, 3.05) is 0 Å². The second-order valence-corrected chi connectivity index (χ2v) is 3.60. The number of hydrogen-bond donors (Lipinski definition) is 2. The highest BCUT2D eigenvalue weighted by Crippen LogP contribution is 2.06. The number of aryl methyl sites for hydroxylation is 1. The van der Waals surface area contributed by atoms with E-state index >= 15 is 0 Å². The Balaban J connectivity index is 0.00000144. The number of nitrogens with two attached hydrogens (primary N) is 1. The molecule has 0 fully saturated rings. The molecule has 74 valence electrons. The number of halogens is 1. The average molecular weight is 314 g/mol. The maximum absolute atomic E-state index is 10.4. The van der Waals surface area contributed by atoms with Gasteiger partial charge < -0.3 is 34.8 Å². The standard InChI is InChI=1S/C7H10N2O2S.HI/c1-9-3-5(12-4-9)2-6(8)7(10)11;/h3-4,6H,2,8H2,1H3;1H/t6-;/m0./s1. The maximum Gasteiger partial charge on any atom is 0.320 e. The molecule has 0 aliphatic heterocycles. The molecular weight excluding hydrogens is 303 g/mol. The fraction of sp³-hybridized carbons (Fsp3) is 0.429. The van der Waals surface area contributed by atoms with Crippen LogP contribution in [0.4, 0.5) is 0 Å². The van der Waals surface area contributed by atoms with E-state index in [0.29, 0.717) is 6.42 Å². The van der Waals surface area contributed by atoms with E-state index in [1.54, 1.807) is 0 Å². The van der Waals surface area contributed by atoms with Crippen LogP contribution >= 0.6 is 11.3 Å². The summed E-state index contributed by atoms with van der Waals surface area (Å²) in [5.74, 6) is -0.953. The first kappa shape index (κ1) is 12.8. The highest BCUT2D eigenvalue weighted by Gasteiger charge is 2.14. The Morgan fingerprint density at radius 3 is 2.85 bits per heavy atom. The molecule has 0 amide bonds. The lowest BCUT2D eigenvalue weighted by molar-refractivity contribution is -0.666. The molecule has 3 N–H and O–H groups in total. The van der Waals surface area contributed by atoms with Gasteiger partial charge in [0.1, 0.15) is 13.1 Å². The monoisotopic (exact) mass is 314 g/mol. The Morgan fingerprint density at radius 1 is 1.85 bits per heavy atom. The quantitative estimate of drug-likeness (QED) is 0.450. The van der Waals surface area contributed by atoms with Crippen molar-refractivity contribution < 1.29 is 38.4 Å². The second-order valence-electron chi connectivity index (χ2n) is 2.63. The van der Waals surface area contributed by atoms with Crippen molar-refractivity contribution in [2.45, 2.75) is 12.5 Å². The lowest BCUT2D eigenvalue weighted by Gasteiger charge is -2.00. The van der Waals surface area contributed by atoms with E-state index < -0.39 is 12.0 Å². The average Bonchev–Trinajstić information content (AvgIpc) is 2.35. The predicted octanol–water partition coefficient (Wildman–Crippen LogP) is -3.47. The third kappa shape index (κ3) is 4.01. The number of aromatic nitrogens is 1. The molecule has 1 aromatic rings. The Labute approximate surface area is 97.4 Å². The number of nitrogens with zero attached hydrogens (tertiary/aromatic N) is 1. The number of rotatable bonds is 3. The number of carboxylic acids is 1. The molecule has 0 aliphatic rings. The van der Waals surface area contributed by atoms with Gasteiger partial charge >= 0.3 is 5.97 Å². The molecule has 4 nitrogen and oxygen atoms in total. The van der Waals surface area contributed by atoms with Crippen molar-refractivity contribution in [3.05, 3.63) is 16.6 Å². The number of thiazole rings is 1. The van der Waals surface area contributed by atoms with Crippen LogP contribution in [0.25, 0.3) is 0 Å². The summed E-state index contributed by atoms with van der Waals surface area (Å²) in [5, 5.41) is 8.52. The van der Waals surface area contributed by atoms with Gasteiger partial charge in [-0.25, -0.2) is 0 Å². The van der Waals surface area contributed by atoms with E-state index in [9.17, 15) is 4.79 Å². The van der Waals surface area contributed by atoms with Crippen LogP contribution in [0.15, 0.2) is 11.7 Å². The minimum absolute atomic E-state index is 0. The molecule has 0 spiro atoms. The Kier molecular flexibility index (Phi) is 5.42. The molecule has 1 heterocycles. The summed E-state index contributed by atoms with van der Waals surface area (Å²) >= 11 is 1.51. The summed E-state index contributed by atoms with van der Waals surface area (Å²) in [6, 6.07) is -0.788. The van der Waals surface area contributed by atoms with Crippen molar-refractivity contribution in [3.8, 4) is 0 Å². The van der Waals surface area contributed by atoms with Crippen molar-refractivity contribution >= 4 is 17.3 Å². The fourth-order valence-corrected chi connectivity index (χ4v) is 1.71. The normalized spacial score (nSPS) is 11.8. The van der Waals surface area contributed by atoms with Gasteiger partial charge in [-0.15, -0.1) is 0 Å². The van der Waals surface area contributed by atoms with Gasteiger partial charge in [-0.2, -0.15) is 4.57 Å². The molecule has 0 radical (unpaired) electrons. The fourth-order valence-electron chi connectivity index (χ4n) is 0.844. The van der Waals surface area contributed by atoms with Crippen LogP contribution in [0.1, 0.15) is 4.88 Å². The predicted molar refractivity (Wildman–Crippen MR) is 44.8 cm³/mol. The van der Waals surface area contributed by atoms with E-state index in [0.717, 1.165) is 4.88 Å². The summed E-state index contributed by atoms with van der Waals surface area (Å²) in [5.41, 5.74) is 7.26. The Hall–Kier alpha value is -0.210. The topological polar surface area (TPSA) is 67.2 Å². The number of carboxylic acid groups (broad SMARTS) is 1. The Bertz CT molecular complexity index is 290. The highest BCUT2D eigenvalue weighted by atomic mass is 127. The van der Waals surface area contributed by atoms with Gasteiger partial charge in [0.05, 0.1) is 4.88 Å².